The van der Waals surface area contributed by atoms with E-state index in [1.54, 1.807) is 22.3 Å². The van der Waals surface area contributed by atoms with E-state index in [4.69, 9.17) is 0 Å². The van der Waals surface area contributed by atoms with Crippen LogP contribution in [-0.2, 0) is 11.8 Å². The number of aryl methyl sites for hydroxylation is 1. The second-order valence-corrected chi connectivity index (χ2v) is 8.95. The fourth-order valence-electron chi connectivity index (χ4n) is 7.43. The van der Waals surface area contributed by atoms with Gasteiger partial charge in [0, 0.05) is 5.41 Å². The smallest absolute Gasteiger partial charge is 0.0271 e. The van der Waals surface area contributed by atoms with Crippen LogP contribution in [0.2, 0.25) is 0 Å². The van der Waals surface area contributed by atoms with Gasteiger partial charge in [0.15, 0.2) is 0 Å². The van der Waals surface area contributed by atoms with Crippen LogP contribution in [0.3, 0.4) is 0 Å². The molecule has 2 aromatic carbocycles. The van der Waals surface area contributed by atoms with Crippen molar-refractivity contribution in [3.8, 4) is 11.1 Å². The molecule has 24 heavy (non-hydrogen) atoms. The molecule has 0 N–H and O–H groups in total. The van der Waals surface area contributed by atoms with Crippen LogP contribution in [-0.4, -0.2) is 0 Å². The fraction of sp³-hybridized carbons (Fsp3) is 0.500. The van der Waals surface area contributed by atoms with Gasteiger partial charge in [0.2, 0.25) is 0 Å². The Hall–Kier alpha value is -1.56. The van der Waals surface area contributed by atoms with Crippen molar-refractivity contribution < 1.29 is 0 Å². The highest BCUT2D eigenvalue weighted by Gasteiger charge is 2.61. The first-order valence-corrected chi connectivity index (χ1v) is 10.0. The quantitative estimate of drug-likeness (QED) is 0.608. The van der Waals surface area contributed by atoms with E-state index < -0.39 is 0 Å². The highest BCUT2D eigenvalue weighted by atomic mass is 14.6. The summed E-state index contributed by atoms with van der Waals surface area (Å²) in [6.07, 6.45) is 8.60. The van der Waals surface area contributed by atoms with Crippen molar-refractivity contribution in [3.63, 3.8) is 0 Å². The Morgan fingerprint density at radius 3 is 2.17 bits per heavy atom. The standard InChI is InChI=1S/C24H26/c1-2-15-7-8-23-21(14-15)20-5-3-4-6-22(20)24(23)18-10-16-9-17(12-18)13-19(24)11-16/h3-8,14,16-19H,2,9-13H2,1H3. The molecule has 4 saturated carbocycles. The normalized spacial score (nSPS) is 37.7. The third-order valence-corrected chi connectivity index (χ3v) is 8.03. The molecule has 4 fully saturated rings. The van der Waals surface area contributed by atoms with Crippen molar-refractivity contribution in [2.75, 3.05) is 0 Å². The van der Waals surface area contributed by atoms with E-state index in [-0.39, 0.29) is 0 Å². The van der Waals surface area contributed by atoms with E-state index in [1.165, 1.54) is 37.7 Å². The number of benzene rings is 2. The molecule has 0 saturated heterocycles. The number of hydrogen-bond acceptors (Lipinski definition) is 0. The van der Waals surface area contributed by atoms with Crippen LogP contribution in [0.25, 0.3) is 11.1 Å². The molecule has 0 nitrogen and oxygen atoms in total. The maximum atomic E-state index is 2.52. The highest BCUT2D eigenvalue weighted by molar-refractivity contribution is 5.82. The van der Waals surface area contributed by atoms with Gasteiger partial charge >= 0.3 is 0 Å². The number of rotatable bonds is 1. The van der Waals surface area contributed by atoms with Crippen molar-refractivity contribution in [1.29, 1.82) is 0 Å². The van der Waals surface area contributed by atoms with Gasteiger partial charge in [0.25, 0.3) is 0 Å². The summed E-state index contributed by atoms with van der Waals surface area (Å²) in [4.78, 5) is 0. The molecular weight excluding hydrogens is 288 g/mol. The molecule has 2 aromatic rings. The van der Waals surface area contributed by atoms with Crippen molar-refractivity contribution in [3.05, 3.63) is 59.2 Å². The molecule has 0 aliphatic heterocycles. The van der Waals surface area contributed by atoms with E-state index in [1.807, 2.05) is 0 Å². The van der Waals surface area contributed by atoms with Crippen LogP contribution in [0.15, 0.2) is 42.5 Å². The number of fused-ring (bicyclic) bond motifs is 3. The van der Waals surface area contributed by atoms with Crippen LogP contribution in [0, 0.1) is 23.7 Å². The molecular formula is C24H26. The summed E-state index contributed by atoms with van der Waals surface area (Å²) in [7, 11) is 0. The lowest BCUT2D eigenvalue weighted by Gasteiger charge is -2.61. The minimum absolute atomic E-state index is 0.353. The molecule has 1 spiro atoms. The highest BCUT2D eigenvalue weighted by Crippen LogP contribution is 2.69. The Kier molecular flexibility index (Phi) is 2.59. The minimum atomic E-state index is 0.353. The summed E-state index contributed by atoms with van der Waals surface area (Å²) in [5.74, 6) is 3.85. The van der Waals surface area contributed by atoms with Gasteiger partial charge in [-0.25, -0.2) is 0 Å². The maximum absolute atomic E-state index is 2.52. The molecule has 0 aromatic heterocycles. The zero-order valence-electron chi connectivity index (χ0n) is 14.6. The zero-order valence-corrected chi connectivity index (χ0v) is 14.6. The predicted molar refractivity (Wildman–Crippen MR) is 99.1 cm³/mol. The van der Waals surface area contributed by atoms with Crippen LogP contribution in [0.1, 0.15) is 55.7 Å². The second-order valence-electron chi connectivity index (χ2n) is 8.95. The average Bonchev–Trinajstić information content (AvgIpc) is 2.90. The summed E-state index contributed by atoms with van der Waals surface area (Å²) in [5.41, 5.74) is 8.33. The Balaban J connectivity index is 1.66. The summed E-state index contributed by atoms with van der Waals surface area (Å²) < 4.78 is 0. The Bertz CT molecular complexity index is 800. The maximum Gasteiger partial charge on any atom is 0.0271 e. The summed E-state index contributed by atoms with van der Waals surface area (Å²) in [6, 6.07) is 16.9. The van der Waals surface area contributed by atoms with E-state index in [2.05, 4.69) is 49.4 Å². The molecule has 122 valence electrons. The third-order valence-electron chi connectivity index (χ3n) is 8.03. The Labute approximate surface area is 145 Å². The minimum Gasteiger partial charge on any atom is -0.0619 e. The predicted octanol–water partition coefficient (Wildman–Crippen LogP) is 5.97. The van der Waals surface area contributed by atoms with Gasteiger partial charge in [0.05, 0.1) is 0 Å². The molecule has 0 amide bonds. The summed E-state index contributed by atoms with van der Waals surface area (Å²) >= 11 is 0. The first-order valence-electron chi connectivity index (χ1n) is 10.0. The average molecular weight is 314 g/mol. The van der Waals surface area contributed by atoms with E-state index >= 15 is 0 Å². The molecule has 0 radical (unpaired) electrons. The van der Waals surface area contributed by atoms with Crippen LogP contribution in [0.4, 0.5) is 0 Å². The van der Waals surface area contributed by atoms with Gasteiger partial charge < -0.3 is 0 Å². The molecule has 0 unspecified atom stereocenters. The van der Waals surface area contributed by atoms with Gasteiger partial charge in [-0.1, -0.05) is 49.4 Å². The monoisotopic (exact) mass is 314 g/mol. The molecule has 0 atom stereocenters. The number of hydrogen-bond donors (Lipinski definition) is 0. The molecule has 5 aliphatic rings. The lowest BCUT2D eigenvalue weighted by atomic mass is 9.43. The van der Waals surface area contributed by atoms with Crippen LogP contribution < -0.4 is 0 Å². The molecule has 4 bridgehead atoms. The van der Waals surface area contributed by atoms with Gasteiger partial charge in [-0.05, 0) is 90.0 Å². The van der Waals surface area contributed by atoms with Gasteiger partial charge in [-0.15, -0.1) is 0 Å². The van der Waals surface area contributed by atoms with Gasteiger partial charge in [-0.2, -0.15) is 0 Å². The zero-order chi connectivity index (χ0) is 15.9. The largest absolute Gasteiger partial charge is 0.0619 e. The van der Waals surface area contributed by atoms with Gasteiger partial charge in [-0.3, -0.25) is 0 Å². The Morgan fingerprint density at radius 1 is 0.792 bits per heavy atom. The van der Waals surface area contributed by atoms with E-state index in [9.17, 15) is 0 Å². The molecule has 5 aliphatic carbocycles. The second kappa shape index (κ2) is 4.54. The third kappa shape index (κ3) is 1.47. The van der Waals surface area contributed by atoms with Crippen LogP contribution >= 0.6 is 0 Å². The summed E-state index contributed by atoms with van der Waals surface area (Å²) in [5, 5.41) is 0. The fourth-order valence-corrected chi connectivity index (χ4v) is 7.43. The van der Waals surface area contributed by atoms with Gasteiger partial charge in [0.1, 0.15) is 0 Å². The van der Waals surface area contributed by atoms with Crippen molar-refractivity contribution in [1.82, 2.24) is 0 Å². The molecule has 0 heterocycles. The first kappa shape index (κ1) is 13.7. The SMILES string of the molecule is CCc1ccc2c(c1)-c1ccccc1C21C2CC3CC(C2)CC1C3. The van der Waals surface area contributed by atoms with Crippen molar-refractivity contribution >= 4 is 0 Å². The topological polar surface area (TPSA) is 0 Å². The molecule has 7 rings (SSSR count). The van der Waals surface area contributed by atoms with E-state index in [0.717, 1.165) is 30.1 Å². The summed E-state index contributed by atoms with van der Waals surface area (Å²) in [6.45, 7) is 2.28. The molecule has 0 heteroatoms. The Morgan fingerprint density at radius 2 is 1.46 bits per heavy atom. The van der Waals surface area contributed by atoms with Crippen molar-refractivity contribution in [2.45, 2.75) is 50.9 Å². The first-order chi connectivity index (χ1) is 11.8. The van der Waals surface area contributed by atoms with Crippen LogP contribution in [0.5, 0.6) is 0 Å². The lowest BCUT2D eigenvalue weighted by molar-refractivity contribution is -0.0399. The van der Waals surface area contributed by atoms with Crippen molar-refractivity contribution in [2.24, 2.45) is 23.7 Å². The lowest BCUT2D eigenvalue weighted by Crippen LogP contribution is -2.55. The van der Waals surface area contributed by atoms with E-state index in [0.29, 0.717) is 5.41 Å².